The largest absolute Gasteiger partial charge is 0.309 e. The van der Waals surface area contributed by atoms with Gasteiger partial charge in [-0.3, -0.25) is 0 Å². The van der Waals surface area contributed by atoms with Crippen LogP contribution in [0.3, 0.4) is 0 Å². The molecule has 0 atom stereocenters. The Morgan fingerprint density at radius 1 is 1.55 bits per heavy atom. The third kappa shape index (κ3) is 6.29. The summed E-state index contributed by atoms with van der Waals surface area (Å²) in [5, 5.41) is 16.2. The molecule has 0 aromatic heterocycles. The van der Waals surface area contributed by atoms with E-state index < -0.39 is 0 Å². The first-order chi connectivity index (χ1) is 5.31. The molecule has 5 heteroatoms. The normalized spacial score (nSPS) is 9.91. The van der Waals surface area contributed by atoms with Crippen LogP contribution in [-0.2, 0) is 0 Å². The van der Waals surface area contributed by atoms with E-state index >= 15 is 0 Å². The molecule has 0 bridgehead atoms. The molecular formula is C6H9N5. The predicted octanol–water partition coefficient (Wildman–Crippen LogP) is -0.106. The summed E-state index contributed by atoms with van der Waals surface area (Å²) >= 11 is 0. The number of hydrazine groups is 1. The molecule has 0 heterocycles. The summed E-state index contributed by atoms with van der Waals surface area (Å²) in [6.45, 7) is 2.19. The quantitative estimate of drug-likeness (QED) is 0.194. The average molecular weight is 151 g/mol. The highest BCUT2D eigenvalue weighted by molar-refractivity contribution is 5.79. The van der Waals surface area contributed by atoms with Crippen LogP contribution >= 0.6 is 0 Å². The molecule has 11 heavy (non-hydrogen) atoms. The monoisotopic (exact) mass is 151 g/mol. The van der Waals surface area contributed by atoms with Crippen molar-refractivity contribution in [3.8, 4) is 12.3 Å². The third-order valence-electron chi connectivity index (χ3n) is 0.849. The Morgan fingerprint density at radius 3 is 2.82 bits per heavy atom. The topological polar surface area (TPSA) is 84.0 Å². The molecular weight excluding hydrogens is 142 g/mol. The van der Waals surface area contributed by atoms with Crippen LogP contribution in [0.15, 0.2) is 4.99 Å². The van der Waals surface area contributed by atoms with Gasteiger partial charge in [-0.05, 0) is 6.92 Å². The van der Waals surface area contributed by atoms with Gasteiger partial charge in [-0.1, -0.05) is 0 Å². The van der Waals surface area contributed by atoms with Gasteiger partial charge in [-0.2, -0.15) is 15.5 Å². The third-order valence-corrected chi connectivity index (χ3v) is 0.849. The van der Waals surface area contributed by atoms with Crippen molar-refractivity contribution in [3.63, 3.8) is 0 Å². The number of hydrogen-bond acceptors (Lipinski definition) is 4. The second-order valence-electron chi connectivity index (χ2n) is 1.76. The van der Waals surface area contributed by atoms with Gasteiger partial charge in [-0.25, -0.2) is 5.43 Å². The first-order valence-corrected chi connectivity index (χ1v) is 3.10. The highest BCUT2D eigenvalue weighted by Gasteiger charge is 1.86. The Bertz CT molecular complexity index is 206. The van der Waals surface area contributed by atoms with Crippen LogP contribution in [0.5, 0.6) is 0 Å². The van der Waals surface area contributed by atoms with Crippen molar-refractivity contribution >= 4 is 5.84 Å². The van der Waals surface area contributed by atoms with Crippen LogP contribution in [0.1, 0.15) is 13.3 Å². The second-order valence-corrected chi connectivity index (χ2v) is 1.76. The van der Waals surface area contributed by atoms with Crippen LogP contribution in [0.25, 0.3) is 0 Å². The fourth-order valence-electron chi connectivity index (χ4n) is 0.412. The zero-order chi connectivity index (χ0) is 8.53. The van der Waals surface area contributed by atoms with Crippen LogP contribution in [0.4, 0.5) is 0 Å². The summed E-state index contributed by atoms with van der Waals surface area (Å²) in [7, 11) is 0. The number of nitriles is 2. The number of rotatable bonds is 3. The van der Waals surface area contributed by atoms with E-state index in [-0.39, 0.29) is 0 Å². The van der Waals surface area contributed by atoms with Crippen molar-refractivity contribution in [2.75, 3.05) is 6.54 Å². The zero-order valence-corrected chi connectivity index (χ0v) is 6.26. The first-order valence-electron chi connectivity index (χ1n) is 3.10. The molecule has 0 spiro atoms. The van der Waals surface area contributed by atoms with Gasteiger partial charge in [0.25, 0.3) is 0 Å². The van der Waals surface area contributed by atoms with Gasteiger partial charge in [0.2, 0.25) is 6.19 Å². The Hall–Kier alpha value is -1.59. The molecule has 0 aromatic carbocycles. The van der Waals surface area contributed by atoms with Gasteiger partial charge in [0.15, 0.2) is 0 Å². The van der Waals surface area contributed by atoms with Gasteiger partial charge in [0, 0.05) is 13.0 Å². The molecule has 0 aliphatic heterocycles. The molecule has 0 aromatic rings. The summed E-state index contributed by atoms with van der Waals surface area (Å²) in [5.41, 5.74) is 5.36. The van der Waals surface area contributed by atoms with Crippen molar-refractivity contribution in [1.82, 2.24) is 10.9 Å². The molecule has 0 fully saturated rings. The molecule has 0 unspecified atom stereocenters. The van der Waals surface area contributed by atoms with Crippen LogP contribution in [-0.4, -0.2) is 12.4 Å². The number of aliphatic imine (C=N–C) groups is 1. The standard InChI is InChI=1S/C6H9N5/c1-6(9-5-8)11-10-4-2-3-7/h10H,2,4H2,1H3,(H,9,11). The van der Waals surface area contributed by atoms with E-state index in [1.807, 2.05) is 6.07 Å². The van der Waals surface area contributed by atoms with E-state index in [9.17, 15) is 0 Å². The summed E-state index contributed by atoms with van der Waals surface area (Å²) in [6.07, 6.45) is 2.05. The minimum absolute atomic E-state index is 0.423. The lowest BCUT2D eigenvalue weighted by molar-refractivity contribution is 0.659. The molecule has 0 aliphatic rings. The van der Waals surface area contributed by atoms with Crippen LogP contribution in [0.2, 0.25) is 0 Å². The van der Waals surface area contributed by atoms with Gasteiger partial charge in [-0.15, -0.1) is 0 Å². The van der Waals surface area contributed by atoms with E-state index in [0.717, 1.165) is 0 Å². The van der Waals surface area contributed by atoms with Gasteiger partial charge < -0.3 is 5.43 Å². The molecule has 58 valence electrons. The molecule has 0 aliphatic carbocycles. The Morgan fingerprint density at radius 2 is 2.27 bits per heavy atom. The van der Waals surface area contributed by atoms with Crippen molar-refractivity contribution in [2.24, 2.45) is 4.99 Å². The molecule has 2 N–H and O–H groups in total. The Labute approximate surface area is 65.3 Å². The summed E-state index contributed by atoms with van der Waals surface area (Å²) < 4.78 is 0. The minimum Gasteiger partial charge on any atom is -0.309 e. The molecule has 0 rings (SSSR count). The van der Waals surface area contributed by atoms with Crippen molar-refractivity contribution in [1.29, 1.82) is 10.5 Å². The number of nitrogens with zero attached hydrogens (tertiary/aromatic N) is 3. The first kappa shape index (κ1) is 9.41. The van der Waals surface area contributed by atoms with Gasteiger partial charge in [0.1, 0.15) is 5.84 Å². The van der Waals surface area contributed by atoms with Crippen LogP contribution < -0.4 is 10.9 Å². The fourth-order valence-corrected chi connectivity index (χ4v) is 0.412. The molecule has 0 saturated heterocycles. The number of hydrogen-bond donors (Lipinski definition) is 2. The molecule has 0 radical (unpaired) electrons. The van der Waals surface area contributed by atoms with E-state index in [0.29, 0.717) is 18.8 Å². The highest BCUT2D eigenvalue weighted by atomic mass is 15.4. The number of nitrogens with one attached hydrogen (secondary N) is 2. The lowest BCUT2D eigenvalue weighted by Crippen LogP contribution is -2.36. The van der Waals surface area contributed by atoms with Gasteiger partial charge >= 0.3 is 0 Å². The predicted molar refractivity (Wildman–Crippen MR) is 40.1 cm³/mol. The van der Waals surface area contributed by atoms with E-state index in [4.69, 9.17) is 10.5 Å². The summed E-state index contributed by atoms with van der Waals surface area (Å²) in [6, 6.07) is 1.97. The molecule has 5 nitrogen and oxygen atoms in total. The summed E-state index contributed by atoms with van der Waals surface area (Å²) in [4.78, 5) is 3.39. The Kier molecular flexibility index (Phi) is 5.59. The van der Waals surface area contributed by atoms with Crippen molar-refractivity contribution < 1.29 is 0 Å². The van der Waals surface area contributed by atoms with Crippen LogP contribution in [0, 0.1) is 22.8 Å². The average Bonchev–Trinajstić information content (AvgIpc) is 1.99. The lowest BCUT2D eigenvalue weighted by Gasteiger charge is -2.02. The van der Waals surface area contributed by atoms with Gasteiger partial charge in [0.05, 0.1) is 6.07 Å². The van der Waals surface area contributed by atoms with Crippen molar-refractivity contribution in [2.45, 2.75) is 13.3 Å². The number of amidine groups is 1. The van der Waals surface area contributed by atoms with E-state index in [1.54, 1.807) is 13.1 Å². The maximum Gasteiger partial charge on any atom is 0.207 e. The molecule has 0 amide bonds. The van der Waals surface area contributed by atoms with Crippen molar-refractivity contribution in [3.05, 3.63) is 0 Å². The van der Waals surface area contributed by atoms with E-state index in [2.05, 4.69) is 15.8 Å². The maximum absolute atomic E-state index is 8.13. The van der Waals surface area contributed by atoms with E-state index in [1.165, 1.54) is 0 Å². The second kappa shape index (κ2) is 6.53. The Balaban J connectivity index is 3.35. The zero-order valence-electron chi connectivity index (χ0n) is 6.26. The molecule has 0 saturated carbocycles. The highest BCUT2D eigenvalue weighted by Crippen LogP contribution is 1.69. The fraction of sp³-hybridized carbons (Fsp3) is 0.500. The smallest absolute Gasteiger partial charge is 0.207 e. The lowest BCUT2D eigenvalue weighted by atomic mass is 10.5. The summed E-state index contributed by atoms with van der Waals surface area (Å²) in [5.74, 6) is 0.491. The maximum atomic E-state index is 8.13. The minimum atomic E-state index is 0.423. The SMILES string of the molecule is CC(=NC#N)NNCCC#N.